The summed E-state index contributed by atoms with van der Waals surface area (Å²) in [6.45, 7) is 5.04. The Balaban J connectivity index is 1.65. The van der Waals surface area contributed by atoms with Gasteiger partial charge in [-0.15, -0.1) is 0 Å². The van der Waals surface area contributed by atoms with Gasteiger partial charge in [-0.2, -0.15) is 5.10 Å². The van der Waals surface area contributed by atoms with Gasteiger partial charge in [-0.25, -0.2) is 9.67 Å². The first-order valence-corrected chi connectivity index (χ1v) is 8.03. The second-order valence-corrected chi connectivity index (χ2v) is 5.81. The van der Waals surface area contributed by atoms with Crippen LogP contribution in [0.15, 0.2) is 30.6 Å². The van der Waals surface area contributed by atoms with E-state index < -0.39 is 0 Å². The van der Waals surface area contributed by atoms with Gasteiger partial charge in [-0.05, 0) is 50.4 Å². The molecule has 1 atom stereocenters. The van der Waals surface area contributed by atoms with Gasteiger partial charge < -0.3 is 4.74 Å². The van der Waals surface area contributed by atoms with Crippen molar-refractivity contribution in [3.63, 3.8) is 0 Å². The molecule has 2 heterocycles. The molecular formula is C17H24N4O. The third kappa shape index (κ3) is 3.30. The molecule has 0 spiro atoms. The minimum absolute atomic E-state index is 0.593. The van der Waals surface area contributed by atoms with Crippen molar-refractivity contribution >= 4 is 0 Å². The summed E-state index contributed by atoms with van der Waals surface area (Å²) in [5.74, 6) is 1.99. The highest BCUT2D eigenvalue weighted by Gasteiger charge is 2.25. The summed E-state index contributed by atoms with van der Waals surface area (Å²) in [6.07, 6.45) is 5.27. The Morgan fingerprint density at radius 3 is 2.82 bits per heavy atom. The van der Waals surface area contributed by atoms with E-state index in [1.165, 1.54) is 18.4 Å². The summed E-state index contributed by atoms with van der Waals surface area (Å²) in [7, 11) is 1.71. The molecule has 118 valence electrons. The van der Waals surface area contributed by atoms with Crippen LogP contribution in [0, 0.1) is 0 Å². The van der Waals surface area contributed by atoms with E-state index in [4.69, 9.17) is 4.74 Å². The van der Waals surface area contributed by atoms with Crippen LogP contribution in [0.1, 0.15) is 31.2 Å². The molecule has 0 radical (unpaired) electrons. The van der Waals surface area contributed by atoms with E-state index >= 15 is 0 Å². The quantitative estimate of drug-likeness (QED) is 0.822. The number of ether oxygens (including phenoxy) is 1. The summed E-state index contributed by atoms with van der Waals surface area (Å²) in [5.41, 5.74) is 1.37. The summed E-state index contributed by atoms with van der Waals surface area (Å²) in [5, 5.41) is 4.27. The number of aryl methyl sites for hydroxylation is 1. The second kappa shape index (κ2) is 6.92. The molecule has 0 bridgehead atoms. The van der Waals surface area contributed by atoms with Crippen LogP contribution in [0.3, 0.4) is 0 Å². The van der Waals surface area contributed by atoms with Crippen molar-refractivity contribution in [1.29, 1.82) is 0 Å². The Morgan fingerprint density at radius 1 is 1.27 bits per heavy atom. The molecule has 22 heavy (non-hydrogen) atoms. The van der Waals surface area contributed by atoms with Crippen LogP contribution in [0.4, 0.5) is 0 Å². The molecule has 1 aliphatic rings. The predicted molar refractivity (Wildman–Crippen MR) is 85.8 cm³/mol. The topological polar surface area (TPSA) is 43.2 Å². The first-order chi connectivity index (χ1) is 10.8. The largest absolute Gasteiger partial charge is 0.497 e. The molecular weight excluding hydrogens is 276 g/mol. The molecule has 2 aromatic rings. The number of nitrogens with zero attached hydrogens (tertiary/aromatic N) is 4. The monoisotopic (exact) mass is 300 g/mol. The van der Waals surface area contributed by atoms with Crippen LogP contribution in [-0.2, 0) is 19.5 Å². The summed E-state index contributed by atoms with van der Waals surface area (Å²) >= 11 is 0. The normalized spacial score (nSPS) is 18.7. The second-order valence-electron chi connectivity index (χ2n) is 5.81. The molecule has 0 saturated carbocycles. The molecule has 3 rings (SSSR count). The highest BCUT2D eigenvalue weighted by molar-refractivity contribution is 5.27. The maximum absolute atomic E-state index is 5.23. The van der Waals surface area contributed by atoms with Crippen molar-refractivity contribution in [2.75, 3.05) is 13.7 Å². The Labute approximate surface area is 131 Å². The molecule has 1 aromatic carbocycles. The average molecular weight is 300 g/mol. The van der Waals surface area contributed by atoms with Gasteiger partial charge in [-0.1, -0.05) is 12.1 Å². The van der Waals surface area contributed by atoms with Gasteiger partial charge >= 0.3 is 0 Å². The summed E-state index contributed by atoms with van der Waals surface area (Å²) < 4.78 is 7.22. The average Bonchev–Trinajstić information content (AvgIpc) is 3.18. The SMILES string of the molecule is CCn1ncnc1CN1CCCC1Cc1ccc(OC)cc1. The van der Waals surface area contributed by atoms with Gasteiger partial charge in [0.05, 0.1) is 13.7 Å². The third-order valence-electron chi connectivity index (χ3n) is 4.47. The van der Waals surface area contributed by atoms with Gasteiger partial charge in [0.1, 0.15) is 17.9 Å². The predicted octanol–water partition coefficient (Wildman–Crippen LogP) is 2.51. The number of rotatable bonds is 6. The van der Waals surface area contributed by atoms with Gasteiger partial charge in [0.15, 0.2) is 0 Å². The van der Waals surface area contributed by atoms with Crippen LogP contribution in [0.2, 0.25) is 0 Å². The molecule has 0 N–H and O–H groups in total. The Kier molecular flexibility index (Phi) is 4.73. The number of benzene rings is 1. The molecule has 1 fully saturated rings. The minimum Gasteiger partial charge on any atom is -0.497 e. The number of likely N-dealkylation sites (tertiary alicyclic amines) is 1. The van der Waals surface area contributed by atoms with Crippen LogP contribution in [-0.4, -0.2) is 39.4 Å². The fraction of sp³-hybridized carbons (Fsp3) is 0.529. The van der Waals surface area contributed by atoms with Gasteiger partial charge in [0, 0.05) is 12.6 Å². The first-order valence-electron chi connectivity index (χ1n) is 8.03. The van der Waals surface area contributed by atoms with E-state index in [1.54, 1.807) is 13.4 Å². The molecule has 0 aliphatic carbocycles. The number of methoxy groups -OCH3 is 1. The van der Waals surface area contributed by atoms with E-state index in [0.717, 1.165) is 37.6 Å². The summed E-state index contributed by atoms with van der Waals surface area (Å²) in [4.78, 5) is 6.95. The first kappa shape index (κ1) is 15.0. The Bertz CT molecular complexity index is 593. The van der Waals surface area contributed by atoms with Gasteiger partial charge in [-0.3, -0.25) is 4.90 Å². The third-order valence-corrected chi connectivity index (χ3v) is 4.47. The fourth-order valence-corrected chi connectivity index (χ4v) is 3.22. The van der Waals surface area contributed by atoms with E-state index in [0.29, 0.717) is 6.04 Å². The molecule has 0 amide bonds. The number of aromatic nitrogens is 3. The maximum Gasteiger partial charge on any atom is 0.141 e. The van der Waals surface area contributed by atoms with E-state index in [9.17, 15) is 0 Å². The Hall–Kier alpha value is -1.88. The van der Waals surface area contributed by atoms with Crippen molar-refractivity contribution in [2.45, 2.75) is 45.3 Å². The smallest absolute Gasteiger partial charge is 0.141 e. The van der Waals surface area contributed by atoms with Crippen molar-refractivity contribution in [3.05, 3.63) is 42.0 Å². The van der Waals surface area contributed by atoms with Crippen molar-refractivity contribution in [2.24, 2.45) is 0 Å². The van der Waals surface area contributed by atoms with Gasteiger partial charge in [0.2, 0.25) is 0 Å². The van der Waals surface area contributed by atoms with Crippen molar-refractivity contribution < 1.29 is 4.74 Å². The highest BCUT2D eigenvalue weighted by atomic mass is 16.5. The lowest BCUT2D eigenvalue weighted by molar-refractivity contribution is 0.233. The van der Waals surface area contributed by atoms with E-state index in [2.05, 4.69) is 34.0 Å². The van der Waals surface area contributed by atoms with Crippen LogP contribution < -0.4 is 4.74 Å². The van der Waals surface area contributed by atoms with Gasteiger partial charge in [0.25, 0.3) is 0 Å². The zero-order chi connectivity index (χ0) is 15.4. The van der Waals surface area contributed by atoms with E-state index in [-0.39, 0.29) is 0 Å². The number of hydrogen-bond donors (Lipinski definition) is 0. The van der Waals surface area contributed by atoms with Crippen molar-refractivity contribution in [3.8, 4) is 5.75 Å². The highest BCUT2D eigenvalue weighted by Crippen LogP contribution is 2.23. The molecule has 1 aromatic heterocycles. The van der Waals surface area contributed by atoms with Crippen LogP contribution in [0.5, 0.6) is 5.75 Å². The molecule has 1 aliphatic heterocycles. The molecule has 1 saturated heterocycles. The van der Waals surface area contributed by atoms with E-state index in [1.807, 2.05) is 16.8 Å². The number of hydrogen-bond acceptors (Lipinski definition) is 4. The Morgan fingerprint density at radius 2 is 2.09 bits per heavy atom. The lowest BCUT2D eigenvalue weighted by atomic mass is 10.0. The zero-order valence-corrected chi connectivity index (χ0v) is 13.4. The standard InChI is InChI=1S/C17H24N4O/c1-3-21-17(18-13-19-21)12-20-10-4-5-15(20)11-14-6-8-16(22-2)9-7-14/h6-9,13,15H,3-5,10-12H2,1-2H3. The minimum atomic E-state index is 0.593. The fourth-order valence-electron chi connectivity index (χ4n) is 3.22. The van der Waals surface area contributed by atoms with Crippen LogP contribution in [0.25, 0.3) is 0 Å². The summed E-state index contributed by atoms with van der Waals surface area (Å²) in [6, 6.07) is 9.02. The molecule has 5 heteroatoms. The maximum atomic E-state index is 5.23. The zero-order valence-electron chi connectivity index (χ0n) is 13.4. The lowest BCUT2D eigenvalue weighted by Crippen LogP contribution is -2.31. The lowest BCUT2D eigenvalue weighted by Gasteiger charge is -2.24. The van der Waals surface area contributed by atoms with Crippen molar-refractivity contribution in [1.82, 2.24) is 19.7 Å². The van der Waals surface area contributed by atoms with Crippen LogP contribution >= 0.6 is 0 Å². The molecule has 5 nitrogen and oxygen atoms in total. The molecule has 1 unspecified atom stereocenters.